The van der Waals surface area contributed by atoms with Gasteiger partial charge in [0.2, 0.25) is 11.4 Å². The van der Waals surface area contributed by atoms with E-state index < -0.39 is 23.6 Å². The molecular formula is C26H18Cl2F2N2O6. The first kappa shape index (κ1) is 28.3. The molecule has 0 fully saturated rings. The summed E-state index contributed by atoms with van der Waals surface area (Å²) in [6.45, 7) is 0. The number of hydrogen-bond donors (Lipinski definition) is 2. The molecule has 0 aliphatic rings. The average Bonchev–Trinajstić information content (AvgIpc) is 2.91. The average molecular weight is 563 g/mol. The Hall–Kier alpha value is -4.28. The molecule has 0 saturated carbocycles. The zero-order valence-corrected chi connectivity index (χ0v) is 21.2. The van der Waals surface area contributed by atoms with E-state index in [0.29, 0.717) is 22.6 Å². The van der Waals surface area contributed by atoms with Crippen molar-refractivity contribution in [3.05, 3.63) is 104 Å². The molecule has 2 aromatic carbocycles. The molecule has 2 N–H and O–H groups in total. The van der Waals surface area contributed by atoms with Crippen molar-refractivity contribution in [3.63, 3.8) is 0 Å². The van der Waals surface area contributed by atoms with E-state index in [0.717, 1.165) is 18.2 Å². The number of nitrogens with zero attached hydrogens (tertiary/aromatic N) is 1. The van der Waals surface area contributed by atoms with Crippen molar-refractivity contribution >= 4 is 35.1 Å². The lowest BCUT2D eigenvalue weighted by atomic mass is 10.0. The lowest BCUT2D eigenvalue weighted by Crippen LogP contribution is -2.04. The molecule has 0 saturated heterocycles. The predicted octanol–water partition coefficient (Wildman–Crippen LogP) is 5.87. The SMILES string of the molecule is COC(=O)c1cc(F)cc(-c2ccc(OC)nc2)c1Cl.O=C(O)c1cc(F)cc(-c2ccc(=O)[nH]c2)c1Cl. The van der Waals surface area contributed by atoms with E-state index in [2.05, 4.69) is 14.7 Å². The van der Waals surface area contributed by atoms with Crippen molar-refractivity contribution in [2.45, 2.75) is 0 Å². The third-order valence-electron chi connectivity index (χ3n) is 5.06. The van der Waals surface area contributed by atoms with E-state index >= 15 is 0 Å². The molecule has 0 unspecified atom stereocenters. The number of ether oxygens (including phenoxy) is 2. The topological polar surface area (TPSA) is 119 Å². The molecule has 0 radical (unpaired) electrons. The van der Waals surface area contributed by atoms with Gasteiger partial charge in [-0.15, -0.1) is 0 Å². The van der Waals surface area contributed by atoms with Gasteiger partial charge in [-0.2, -0.15) is 0 Å². The quantitative estimate of drug-likeness (QED) is 0.292. The maximum Gasteiger partial charge on any atom is 0.339 e. The molecule has 0 spiro atoms. The van der Waals surface area contributed by atoms with E-state index in [1.165, 1.54) is 44.8 Å². The fraction of sp³-hybridized carbons (Fsp3) is 0.0769. The second-order valence-electron chi connectivity index (χ2n) is 7.46. The van der Waals surface area contributed by atoms with Gasteiger partial charge in [-0.3, -0.25) is 4.79 Å². The number of rotatable bonds is 5. The molecule has 8 nitrogen and oxygen atoms in total. The summed E-state index contributed by atoms with van der Waals surface area (Å²) < 4.78 is 36.5. The van der Waals surface area contributed by atoms with Crippen LogP contribution in [0.25, 0.3) is 22.3 Å². The maximum atomic E-state index is 13.6. The molecule has 2 heterocycles. The highest BCUT2D eigenvalue weighted by Crippen LogP contribution is 2.33. The molecule has 4 aromatic rings. The van der Waals surface area contributed by atoms with Crippen molar-refractivity contribution in [3.8, 4) is 28.1 Å². The summed E-state index contributed by atoms with van der Waals surface area (Å²) in [7, 11) is 2.70. The molecule has 0 atom stereocenters. The minimum atomic E-state index is -1.31. The summed E-state index contributed by atoms with van der Waals surface area (Å²) in [5.74, 6) is -2.88. The number of methoxy groups -OCH3 is 2. The number of carboxylic acid groups (broad SMARTS) is 1. The number of halogens is 4. The highest BCUT2D eigenvalue weighted by Gasteiger charge is 2.18. The van der Waals surface area contributed by atoms with Gasteiger partial charge in [0.1, 0.15) is 11.6 Å². The standard InChI is InChI=1S/C14H11ClFNO3.C12H7ClFNO3/c1-19-12-4-3-8(7-17-12)10-5-9(16)6-11(13(10)15)14(18)20-2;13-11-8(6-1-2-10(16)15-5-6)3-7(14)4-9(11)12(17)18/h3-7H,1-2H3;1-5H,(H,15,16)(H,17,18). The van der Waals surface area contributed by atoms with Crippen LogP contribution in [0.3, 0.4) is 0 Å². The Morgan fingerprint density at radius 2 is 1.47 bits per heavy atom. The first-order valence-electron chi connectivity index (χ1n) is 10.5. The number of benzene rings is 2. The van der Waals surface area contributed by atoms with E-state index in [4.69, 9.17) is 33.0 Å². The Morgan fingerprint density at radius 3 is 1.97 bits per heavy atom. The zero-order chi connectivity index (χ0) is 28.0. The lowest BCUT2D eigenvalue weighted by molar-refractivity contribution is 0.0599. The van der Waals surface area contributed by atoms with Gasteiger partial charge >= 0.3 is 11.9 Å². The van der Waals surface area contributed by atoms with Crippen LogP contribution >= 0.6 is 23.2 Å². The van der Waals surface area contributed by atoms with Crippen LogP contribution in [0.5, 0.6) is 5.88 Å². The Bertz CT molecular complexity index is 1540. The maximum absolute atomic E-state index is 13.6. The molecule has 196 valence electrons. The third-order valence-corrected chi connectivity index (χ3v) is 5.88. The van der Waals surface area contributed by atoms with Crippen LogP contribution in [-0.4, -0.2) is 41.2 Å². The Morgan fingerprint density at radius 1 is 0.895 bits per heavy atom. The summed E-state index contributed by atoms with van der Waals surface area (Å²) in [6, 6.07) is 10.2. The predicted molar refractivity (Wildman–Crippen MR) is 137 cm³/mol. The van der Waals surface area contributed by atoms with Crippen molar-refractivity contribution in [2.75, 3.05) is 14.2 Å². The van der Waals surface area contributed by atoms with Crippen LogP contribution in [0.1, 0.15) is 20.7 Å². The van der Waals surface area contributed by atoms with Crippen LogP contribution in [0.15, 0.2) is 65.7 Å². The second kappa shape index (κ2) is 12.3. The van der Waals surface area contributed by atoms with Gasteiger partial charge in [0.15, 0.2) is 0 Å². The molecule has 0 aliphatic heterocycles. The van der Waals surface area contributed by atoms with Crippen LogP contribution in [-0.2, 0) is 4.74 Å². The number of aromatic carboxylic acids is 1. The number of nitrogens with one attached hydrogen (secondary N) is 1. The number of carbonyl (C=O) groups is 2. The Kier molecular flexibility index (Phi) is 9.16. The molecule has 38 heavy (non-hydrogen) atoms. The first-order chi connectivity index (χ1) is 18.0. The van der Waals surface area contributed by atoms with E-state index in [9.17, 15) is 23.2 Å². The molecule has 12 heteroatoms. The number of carbonyl (C=O) groups excluding carboxylic acids is 1. The summed E-state index contributed by atoms with van der Waals surface area (Å²) >= 11 is 12.0. The summed E-state index contributed by atoms with van der Waals surface area (Å²) in [5, 5.41) is 8.94. The minimum Gasteiger partial charge on any atom is -0.481 e. The normalized spacial score (nSPS) is 10.3. The highest BCUT2D eigenvalue weighted by molar-refractivity contribution is 6.36. The van der Waals surface area contributed by atoms with Crippen LogP contribution in [0.2, 0.25) is 10.0 Å². The second-order valence-corrected chi connectivity index (χ2v) is 8.21. The monoisotopic (exact) mass is 562 g/mol. The number of hydrogen-bond acceptors (Lipinski definition) is 6. The van der Waals surface area contributed by atoms with Gasteiger partial charge in [0.25, 0.3) is 0 Å². The molecule has 0 amide bonds. The third kappa shape index (κ3) is 6.53. The number of carboxylic acids is 1. The summed E-state index contributed by atoms with van der Waals surface area (Å²) in [5.41, 5.74) is 0.914. The molecule has 2 aromatic heterocycles. The van der Waals surface area contributed by atoms with Crippen molar-refractivity contribution in [2.24, 2.45) is 0 Å². The van der Waals surface area contributed by atoms with E-state index in [-0.39, 0.29) is 32.3 Å². The minimum absolute atomic E-state index is 0.0278. The van der Waals surface area contributed by atoms with Gasteiger partial charge in [0.05, 0.1) is 35.4 Å². The van der Waals surface area contributed by atoms with Gasteiger partial charge < -0.3 is 19.6 Å². The summed E-state index contributed by atoms with van der Waals surface area (Å²) in [6.07, 6.45) is 2.83. The molecule has 4 rings (SSSR count). The fourth-order valence-corrected chi connectivity index (χ4v) is 3.85. The fourth-order valence-electron chi connectivity index (χ4n) is 3.25. The first-order valence-corrected chi connectivity index (χ1v) is 11.3. The summed E-state index contributed by atoms with van der Waals surface area (Å²) in [4.78, 5) is 39.8. The Balaban J connectivity index is 0.000000212. The van der Waals surface area contributed by atoms with Crippen LogP contribution in [0.4, 0.5) is 8.78 Å². The van der Waals surface area contributed by atoms with Gasteiger partial charge in [-0.1, -0.05) is 23.2 Å². The number of H-pyrrole nitrogens is 1. The van der Waals surface area contributed by atoms with Crippen molar-refractivity contribution in [1.29, 1.82) is 0 Å². The van der Waals surface area contributed by atoms with Gasteiger partial charge in [0, 0.05) is 41.2 Å². The number of esters is 1. The number of aromatic amines is 1. The zero-order valence-electron chi connectivity index (χ0n) is 19.7. The molecule has 0 bridgehead atoms. The number of pyridine rings is 2. The lowest BCUT2D eigenvalue weighted by Gasteiger charge is -2.09. The van der Waals surface area contributed by atoms with Gasteiger partial charge in [-0.05, 0) is 42.0 Å². The molecular weight excluding hydrogens is 545 g/mol. The van der Waals surface area contributed by atoms with Crippen molar-refractivity contribution < 1.29 is 33.0 Å². The number of aromatic nitrogens is 2. The largest absolute Gasteiger partial charge is 0.481 e. The van der Waals surface area contributed by atoms with Crippen molar-refractivity contribution in [1.82, 2.24) is 9.97 Å². The van der Waals surface area contributed by atoms with E-state index in [1.54, 1.807) is 12.1 Å². The van der Waals surface area contributed by atoms with E-state index in [1.807, 2.05) is 0 Å². The van der Waals surface area contributed by atoms with Crippen LogP contribution in [0, 0.1) is 11.6 Å². The smallest absolute Gasteiger partial charge is 0.339 e. The van der Waals surface area contributed by atoms with Gasteiger partial charge in [-0.25, -0.2) is 23.4 Å². The highest BCUT2D eigenvalue weighted by atomic mass is 35.5. The van der Waals surface area contributed by atoms with Crippen LogP contribution < -0.4 is 10.3 Å². The molecule has 0 aliphatic carbocycles. The Labute approximate surface area is 224 Å².